The number of urea groups is 1. The van der Waals surface area contributed by atoms with E-state index < -0.39 is 0 Å². The molecule has 0 atom stereocenters. The molecule has 0 aliphatic rings. The van der Waals surface area contributed by atoms with E-state index in [0.717, 1.165) is 16.9 Å². The zero-order valence-corrected chi connectivity index (χ0v) is 14.6. The number of carbonyl (C=O) groups is 1. The molecule has 3 aromatic rings. The highest BCUT2D eigenvalue weighted by atomic mass is 35.5. The summed E-state index contributed by atoms with van der Waals surface area (Å²) in [5.41, 5.74) is 3.57. The molecular formula is C19H19ClN4O. The fourth-order valence-electron chi connectivity index (χ4n) is 2.37. The van der Waals surface area contributed by atoms with Gasteiger partial charge in [-0.1, -0.05) is 35.9 Å². The number of nitrogens with zero attached hydrogens (tertiary/aromatic N) is 2. The van der Waals surface area contributed by atoms with Crippen molar-refractivity contribution in [1.29, 1.82) is 0 Å². The minimum absolute atomic E-state index is 0.262. The lowest BCUT2D eigenvalue weighted by Gasteiger charge is -2.08. The van der Waals surface area contributed by atoms with Crippen LogP contribution in [-0.4, -0.2) is 22.4 Å². The second kappa shape index (κ2) is 7.85. The molecule has 0 bridgehead atoms. The molecule has 3 rings (SSSR count). The highest BCUT2D eigenvalue weighted by molar-refractivity contribution is 6.31. The van der Waals surface area contributed by atoms with Crippen LogP contribution in [0.25, 0.3) is 5.69 Å². The second-order valence-electron chi connectivity index (χ2n) is 5.68. The molecular weight excluding hydrogens is 336 g/mol. The fourth-order valence-corrected chi connectivity index (χ4v) is 2.55. The maximum Gasteiger partial charge on any atom is 0.319 e. The molecule has 6 heteroatoms. The number of aromatic nitrogens is 2. The van der Waals surface area contributed by atoms with Gasteiger partial charge in [-0.2, -0.15) is 5.10 Å². The average Bonchev–Trinajstić information content (AvgIpc) is 3.08. The molecule has 25 heavy (non-hydrogen) atoms. The van der Waals surface area contributed by atoms with Crippen LogP contribution in [-0.2, 0) is 6.42 Å². The lowest BCUT2D eigenvalue weighted by molar-refractivity contribution is 0.252. The minimum Gasteiger partial charge on any atom is -0.337 e. The highest BCUT2D eigenvalue weighted by Gasteiger charge is 2.05. The first kappa shape index (κ1) is 17.0. The topological polar surface area (TPSA) is 59.0 Å². The van der Waals surface area contributed by atoms with Crippen LogP contribution in [0.15, 0.2) is 60.8 Å². The maximum atomic E-state index is 11.9. The van der Waals surface area contributed by atoms with Gasteiger partial charge in [-0.25, -0.2) is 9.48 Å². The Labute approximate surface area is 151 Å². The third kappa shape index (κ3) is 4.61. The molecule has 0 aliphatic carbocycles. The predicted octanol–water partition coefficient (Wildman–Crippen LogP) is 4.20. The summed E-state index contributed by atoms with van der Waals surface area (Å²) in [6, 6.07) is 17.0. The van der Waals surface area contributed by atoms with Crippen LogP contribution in [0.1, 0.15) is 11.3 Å². The van der Waals surface area contributed by atoms with E-state index in [2.05, 4.69) is 15.7 Å². The Morgan fingerprint density at radius 3 is 2.72 bits per heavy atom. The molecule has 0 saturated heterocycles. The van der Waals surface area contributed by atoms with E-state index in [-0.39, 0.29) is 6.03 Å². The molecule has 2 amide bonds. The Hall–Kier alpha value is -2.79. The zero-order chi connectivity index (χ0) is 17.6. The summed E-state index contributed by atoms with van der Waals surface area (Å²) in [4.78, 5) is 11.9. The number of carbonyl (C=O) groups excluding carboxylic acids is 1. The molecule has 0 aliphatic heterocycles. The van der Waals surface area contributed by atoms with Gasteiger partial charge in [-0.3, -0.25) is 0 Å². The van der Waals surface area contributed by atoms with Crippen molar-refractivity contribution < 1.29 is 4.79 Å². The Balaban J connectivity index is 1.48. The van der Waals surface area contributed by atoms with Gasteiger partial charge in [0, 0.05) is 29.9 Å². The van der Waals surface area contributed by atoms with Gasteiger partial charge < -0.3 is 10.6 Å². The van der Waals surface area contributed by atoms with E-state index in [0.29, 0.717) is 23.7 Å². The summed E-state index contributed by atoms with van der Waals surface area (Å²) in [5.74, 6) is 0. The van der Waals surface area contributed by atoms with Crippen LogP contribution in [0.4, 0.5) is 10.5 Å². The number of hydrogen-bond donors (Lipinski definition) is 2. The van der Waals surface area contributed by atoms with E-state index in [1.165, 1.54) is 0 Å². The van der Waals surface area contributed by atoms with Gasteiger partial charge in [-0.15, -0.1) is 0 Å². The molecule has 0 saturated carbocycles. The van der Waals surface area contributed by atoms with Crippen LogP contribution >= 0.6 is 11.6 Å². The molecule has 5 nitrogen and oxygen atoms in total. The number of hydrogen-bond acceptors (Lipinski definition) is 2. The number of benzene rings is 2. The molecule has 0 fully saturated rings. The van der Waals surface area contributed by atoms with Gasteiger partial charge in [0.15, 0.2) is 0 Å². The van der Waals surface area contributed by atoms with Crippen LogP contribution in [0.2, 0.25) is 5.02 Å². The standard InChI is InChI=1S/C19H19ClN4O/c1-14-7-8-16(13-18(14)20)22-19(25)21-11-9-15-10-12-24(23-15)17-5-3-2-4-6-17/h2-8,10,12-13H,9,11H2,1H3,(H2,21,22,25). The van der Waals surface area contributed by atoms with Gasteiger partial charge in [0.25, 0.3) is 0 Å². The highest BCUT2D eigenvalue weighted by Crippen LogP contribution is 2.19. The Morgan fingerprint density at radius 1 is 1.16 bits per heavy atom. The van der Waals surface area contributed by atoms with E-state index in [4.69, 9.17) is 11.6 Å². The van der Waals surface area contributed by atoms with Crippen LogP contribution < -0.4 is 10.6 Å². The van der Waals surface area contributed by atoms with Crippen molar-refractivity contribution in [3.8, 4) is 5.69 Å². The molecule has 128 valence electrons. The lowest BCUT2D eigenvalue weighted by atomic mass is 10.2. The van der Waals surface area contributed by atoms with Crippen molar-refractivity contribution in [3.05, 3.63) is 77.1 Å². The first-order chi connectivity index (χ1) is 12.1. The Bertz CT molecular complexity index is 861. The normalized spacial score (nSPS) is 10.5. The summed E-state index contributed by atoms with van der Waals surface area (Å²) < 4.78 is 1.82. The molecule has 2 aromatic carbocycles. The number of para-hydroxylation sites is 1. The van der Waals surface area contributed by atoms with Gasteiger partial charge in [0.1, 0.15) is 0 Å². The molecule has 0 spiro atoms. The maximum absolute atomic E-state index is 11.9. The summed E-state index contributed by atoms with van der Waals surface area (Å²) >= 11 is 6.05. The first-order valence-corrected chi connectivity index (χ1v) is 8.40. The van der Waals surface area contributed by atoms with Crippen LogP contribution in [0, 0.1) is 6.92 Å². The Kier molecular flexibility index (Phi) is 5.36. The van der Waals surface area contributed by atoms with E-state index in [1.54, 1.807) is 6.07 Å². The molecule has 2 N–H and O–H groups in total. The van der Waals surface area contributed by atoms with Crippen LogP contribution in [0.3, 0.4) is 0 Å². The third-order valence-corrected chi connectivity index (χ3v) is 4.17. The summed E-state index contributed by atoms with van der Waals surface area (Å²) in [7, 11) is 0. The third-order valence-electron chi connectivity index (χ3n) is 3.76. The lowest BCUT2D eigenvalue weighted by Crippen LogP contribution is -2.30. The second-order valence-corrected chi connectivity index (χ2v) is 6.09. The average molecular weight is 355 g/mol. The quantitative estimate of drug-likeness (QED) is 0.721. The number of halogens is 1. The van der Waals surface area contributed by atoms with E-state index in [1.807, 2.05) is 66.3 Å². The monoisotopic (exact) mass is 354 g/mol. The summed E-state index contributed by atoms with van der Waals surface area (Å²) in [5, 5.41) is 10.7. The van der Waals surface area contributed by atoms with E-state index in [9.17, 15) is 4.79 Å². The largest absolute Gasteiger partial charge is 0.337 e. The predicted molar refractivity (Wildman–Crippen MR) is 100 cm³/mol. The zero-order valence-electron chi connectivity index (χ0n) is 13.9. The van der Waals surface area contributed by atoms with E-state index >= 15 is 0 Å². The number of nitrogens with one attached hydrogen (secondary N) is 2. The number of amides is 2. The summed E-state index contributed by atoms with van der Waals surface area (Å²) in [6.45, 7) is 2.41. The van der Waals surface area contributed by atoms with Crippen molar-refractivity contribution in [2.75, 3.05) is 11.9 Å². The van der Waals surface area contributed by atoms with Crippen LogP contribution in [0.5, 0.6) is 0 Å². The first-order valence-electron chi connectivity index (χ1n) is 8.03. The summed E-state index contributed by atoms with van der Waals surface area (Å²) in [6.07, 6.45) is 2.57. The minimum atomic E-state index is -0.262. The SMILES string of the molecule is Cc1ccc(NC(=O)NCCc2ccn(-c3ccccc3)n2)cc1Cl. The van der Waals surface area contributed by atoms with Crippen molar-refractivity contribution in [2.45, 2.75) is 13.3 Å². The number of anilines is 1. The molecule has 0 unspecified atom stereocenters. The van der Waals surface area contributed by atoms with Gasteiger partial charge in [0.2, 0.25) is 0 Å². The van der Waals surface area contributed by atoms with Crippen molar-refractivity contribution in [1.82, 2.24) is 15.1 Å². The molecule has 1 aromatic heterocycles. The molecule has 1 heterocycles. The van der Waals surface area contributed by atoms with Gasteiger partial charge >= 0.3 is 6.03 Å². The van der Waals surface area contributed by atoms with Gasteiger partial charge in [-0.05, 0) is 42.8 Å². The van der Waals surface area contributed by atoms with Gasteiger partial charge in [0.05, 0.1) is 11.4 Å². The molecule has 0 radical (unpaired) electrons. The van der Waals surface area contributed by atoms with Crippen molar-refractivity contribution in [3.63, 3.8) is 0 Å². The number of rotatable bonds is 5. The smallest absolute Gasteiger partial charge is 0.319 e. The number of aryl methyl sites for hydroxylation is 1. The fraction of sp³-hybridized carbons (Fsp3) is 0.158. The Morgan fingerprint density at radius 2 is 1.96 bits per heavy atom. The van der Waals surface area contributed by atoms with Crippen molar-refractivity contribution in [2.24, 2.45) is 0 Å². The van der Waals surface area contributed by atoms with Crippen molar-refractivity contribution >= 4 is 23.3 Å².